The van der Waals surface area contributed by atoms with Crippen LogP contribution in [0, 0.1) is 0 Å². The van der Waals surface area contributed by atoms with Crippen LogP contribution in [-0.2, 0) is 12.4 Å². The highest BCUT2D eigenvalue weighted by atomic mass is 32.1. The van der Waals surface area contributed by atoms with Gasteiger partial charge in [0.05, 0.1) is 21.4 Å². The van der Waals surface area contributed by atoms with Gasteiger partial charge in [0.15, 0.2) is 0 Å². The minimum atomic E-state index is -4.96. The largest absolute Gasteiger partial charge is 0.417 e. The second kappa shape index (κ2) is 7.90. The maximum atomic E-state index is 13.1. The zero-order valence-corrected chi connectivity index (χ0v) is 15.3. The zero-order valence-electron chi connectivity index (χ0n) is 14.5. The van der Waals surface area contributed by atoms with Gasteiger partial charge >= 0.3 is 12.4 Å². The van der Waals surface area contributed by atoms with Crippen molar-refractivity contribution in [1.29, 1.82) is 0 Å². The summed E-state index contributed by atoms with van der Waals surface area (Å²) in [4.78, 5) is 12.1. The van der Waals surface area contributed by atoms with Gasteiger partial charge in [-0.1, -0.05) is 12.1 Å². The van der Waals surface area contributed by atoms with E-state index >= 15 is 0 Å². The number of hydrogen-bond acceptors (Lipinski definition) is 4. The molecule has 11 heteroatoms. The summed E-state index contributed by atoms with van der Waals surface area (Å²) < 4.78 is 82.8. The lowest BCUT2D eigenvalue weighted by Gasteiger charge is -2.15. The predicted molar refractivity (Wildman–Crippen MR) is 96.9 cm³/mol. The number of carbonyl (C=O) groups is 1. The quantitative estimate of drug-likeness (QED) is 0.431. The molecule has 0 bridgehead atoms. The molecule has 0 aliphatic heterocycles. The molecule has 4 nitrogen and oxygen atoms in total. The van der Waals surface area contributed by atoms with E-state index < -0.39 is 35.0 Å². The van der Waals surface area contributed by atoms with Crippen LogP contribution in [0.25, 0.3) is 10.1 Å². The van der Waals surface area contributed by atoms with Crippen molar-refractivity contribution >= 4 is 33.3 Å². The molecule has 3 rings (SSSR count). The van der Waals surface area contributed by atoms with Crippen LogP contribution in [-0.4, -0.2) is 23.4 Å². The van der Waals surface area contributed by atoms with Gasteiger partial charge in [-0.15, -0.1) is 0 Å². The summed E-state index contributed by atoms with van der Waals surface area (Å²) in [5.41, 5.74) is -3.84. The second-order valence-corrected chi connectivity index (χ2v) is 6.77. The Morgan fingerprint density at radius 1 is 0.966 bits per heavy atom. The molecule has 29 heavy (non-hydrogen) atoms. The summed E-state index contributed by atoms with van der Waals surface area (Å²) in [6.45, 7) is 0.0119. The van der Waals surface area contributed by atoms with Crippen molar-refractivity contribution in [3.63, 3.8) is 0 Å². The number of amides is 1. The van der Waals surface area contributed by atoms with Gasteiger partial charge in [0.1, 0.15) is 5.82 Å². The number of benzene rings is 2. The Morgan fingerprint density at radius 3 is 2.38 bits per heavy atom. The number of fused-ring (bicyclic) bond motifs is 1. The number of hydrogen-bond donors (Lipinski definition) is 2. The van der Waals surface area contributed by atoms with Crippen LogP contribution < -0.4 is 10.6 Å². The molecule has 0 spiro atoms. The summed E-state index contributed by atoms with van der Waals surface area (Å²) in [5, 5.41) is 5.99. The second-order valence-electron chi connectivity index (χ2n) is 5.97. The third kappa shape index (κ3) is 4.78. The van der Waals surface area contributed by atoms with Crippen LogP contribution in [0.5, 0.6) is 0 Å². The smallest absolute Gasteiger partial charge is 0.367 e. The van der Waals surface area contributed by atoms with E-state index in [1.807, 2.05) is 24.3 Å². The van der Waals surface area contributed by atoms with Crippen molar-refractivity contribution in [2.45, 2.75) is 12.4 Å². The molecular formula is C18H13F6N3OS. The van der Waals surface area contributed by atoms with E-state index in [0.717, 1.165) is 10.1 Å². The van der Waals surface area contributed by atoms with E-state index in [4.69, 9.17) is 0 Å². The number of anilines is 1. The zero-order chi connectivity index (χ0) is 21.2. The SMILES string of the molecule is O=C(NCCNc1nsc2ccccc12)c1cc(C(F)(F)F)ccc1C(F)(F)F. The van der Waals surface area contributed by atoms with Gasteiger partial charge in [0.2, 0.25) is 0 Å². The molecule has 0 atom stereocenters. The number of alkyl halides is 6. The lowest BCUT2D eigenvalue weighted by molar-refractivity contribution is -0.141. The van der Waals surface area contributed by atoms with Gasteiger partial charge in [-0.2, -0.15) is 30.7 Å². The first kappa shape index (κ1) is 20.9. The molecule has 154 valence electrons. The maximum Gasteiger partial charge on any atom is 0.417 e. The molecule has 0 aliphatic carbocycles. The molecule has 0 saturated heterocycles. The summed E-state index contributed by atoms with van der Waals surface area (Å²) in [6, 6.07) is 8.13. The highest BCUT2D eigenvalue weighted by Gasteiger charge is 2.38. The van der Waals surface area contributed by atoms with Crippen molar-refractivity contribution in [2.75, 3.05) is 18.4 Å². The Hall–Kier alpha value is -2.82. The summed E-state index contributed by atoms with van der Waals surface area (Å²) in [7, 11) is 0. The molecule has 0 radical (unpaired) electrons. The molecule has 1 amide bonds. The van der Waals surface area contributed by atoms with Crippen LogP contribution in [0.3, 0.4) is 0 Å². The molecule has 1 aromatic heterocycles. The fraction of sp³-hybridized carbons (Fsp3) is 0.222. The fourth-order valence-electron chi connectivity index (χ4n) is 2.62. The minimum absolute atomic E-state index is 0.113. The Bertz CT molecular complexity index is 1030. The summed E-state index contributed by atoms with van der Waals surface area (Å²) >= 11 is 1.25. The van der Waals surface area contributed by atoms with Gasteiger partial charge in [-0.25, -0.2) is 0 Å². The van der Waals surface area contributed by atoms with Gasteiger partial charge in [-0.05, 0) is 41.9 Å². The van der Waals surface area contributed by atoms with Crippen LogP contribution in [0.4, 0.5) is 32.2 Å². The number of nitrogens with zero attached hydrogens (tertiary/aromatic N) is 1. The first-order valence-electron chi connectivity index (χ1n) is 8.22. The van der Waals surface area contributed by atoms with Gasteiger partial charge in [0, 0.05) is 18.5 Å². The molecule has 2 N–H and O–H groups in total. The standard InChI is InChI=1S/C18H13F6N3OS/c19-17(20,21)10-5-6-13(18(22,23)24)12(9-10)16(28)26-8-7-25-15-11-3-1-2-4-14(11)29-27-15/h1-6,9H,7-8H2,(H,25,27)(H,26,28). The fourth-order valence-corrected chi connectivity index (χ4v) is 3.38. The normalized spacial score (nSPS) is 12.2. The molecule has 0 unspecified atom stereocenters. The number of aromatic nitrogens is 1. The highest BCUT2D eigenvalue weighted by molar-refractivity contribution is 7.13. The van der Waals surface area contributed by atoms with E-state index in [-0.39, 0.29) is 25.2 Å². The Balaban J connectivity index is 1.69. The summed E-state index contributed by atoms with van der Waals surface area (Å²) in [6.07, 6.45) is -9.83. The van der Waals surface area contributed by atoms with Gasteiger partial charge in [0.25, 0.3) is 5.91 Å². The predicted octanol–water partition coefficient (Wildman–Crippen LogP) is 5.18. The molecular weight excluding hydrogens is 420 g/mol. The van der Waals surface area contributed by atoms with Gasteiger partial charge in [-0.3, -0.25) is 4.79 Å². The first-order chi connectivity index (χ1) is 13.6. The number of carbonyl (C=O) groups excluding carboxylic acids is 1. The average Bonchev–Trinajstić information content (AvgIpc) is 3.06. The number of rotatable bonds is 5. The molecule has 0 aliphatic rings. The molecule has 2 aromatic carbocycles. The van der Waals surface area contributed by atoms with Crippen LogP contribution in [0.15, 0.2) is 42.5 Å². The maximum absolute atomic E-state index is 13.1. The van der Waals surface area contributed by atoms with Gasteiger partial charge < -0.3 is 10.6 Å². The van der Waals surface area contributed by atoms with E-state index in [9.17, 15) is 31.1 Å². The third-order valence-electron chi connectivity index (χ3n) is 3.98. The lowest BCUT2D eigenvalue weighted by Crippen LogP contribution is -2.31. The Morgan fingerprint density at radius 2 is 1.69 bits per heavy atom. The topological polar surface area (TPSA) is 54.0 Å². The molecule has 0 fully saturated rings. The van der Waals surface area contributed by atoms with Crippen molar-refractivity contribution < 1.29 is 31.1 Å². The monoisotopic (exact) mass is 433 g/mol. The average molecular weight is 433 g/mol. The van der Waals surface area contributed by atoms with Crippen molar-refractivity contribution in [2.24, 2.45) is 0 Å². The van der Waals surface area contributed by atoms with E-state index in [1.54, 1.807) is 0 Å². The third-order valence-corrected chi connectivity index (χ3v) is 4.80. The molecule has 3 aromatic rings. The van der Waals surface area contributed by atoms with Crippen molar-refractivity contribution in [1.82, 2.24) is 9.69 Å². The van der Waals surface area contributed by atoms with Crippen LogP contribution in [0.1, 0.15) is 21.5 Å². The van der Waals surface area contributed by atoms with E-state index in [0.29, 0.717) is 11.9 Å². The van der Waals surface area contributed by atoms with Crippen LogP contribution >= 0.6 is 11.5 Å². The first-order valence-corrected chi connectivity index (χ1v) is 8.99. The Kier molecular flexibility index (Phi) is 5.69. The molecule has 0 saturated carbocycles. The molecule has 1 heterocycles. The van der Waals surface area contributed by atoms with E-state index in [2.05, 4.69) is 15.0 Å². The van der Waals surface area contributed by atoms with Crippen LogP contribution in [0.2, 0.25) is 0 Å². The minimum Gasteiger partial charge on any atom is -0.367 e. The van der Waals surface area contributed by atoms with Crippen molar-refractivity contribution in [3.05, 3.63) is 59.2 Å². The lowest BCUT2D eigenvalue weighted by atomic mass is 10.0. The summed E-state index contributed by atoms with van der Waals surface area (Å²) in [5.74, 6) is -0.691. The number of nitrogens with one attached hydrogen (secondary N) is 2. The highest BCUT2D eigenvalue weighted by Crippen LogP contribution is 2.36. The number of halogens is 6. The van der Waals surface area contributed by atoms with Crippen molar-refractivity contribution in [3.8, 4) is 0 Å². The Labute approximate surface area is 164 Å². The van der Waals surface area contributed by atoms with E-state index in [1.165, 1.54) is 11.5 Å².